The third-order valence-corrected chi connectivity index (χ3v) is 2.47. The molecule has 94 valence electrons. The number of hydrogen-bond donors (Lipinski definition) is 2. The molecule has 6 heteroatoms. The van der Waals surface area contributed by atoms with E-state index in [2.05, 4.69) is 10.3 Å². The van der Waals surface area contributed by atoms with Crippen LogP contribution in [-0.4, -0.2) is 27.2 Å². The minimum Gasteiger partial charge on any atom is -0.396 e. The number of aryl methyl sites for hydroxylation is 1. The first kappa shape index (κ1) is 13.4. The zero-order valence-electron chi connectivity index (χ0n) is 10.2. The van der Waals surface area contributed by atoms with Gasteiger partial charge in [0.1, 0.15) is 12.0 Å². The van der Waals surface area contributed by atoms with Crippen LogP contribution in [0.25, 0.3) is 0 Å². The predicted octanol–water partition coefficient (Wildman–Crippen LogP) is 1.87. The number of aromatic nitrogens is 1. The van der Waals surface area contributed by atoms with Gasteiger partial charge in [-0.3, -0.25) is 10.1 Å². The number of nitrogens with zero attached hydrogens (tertiary/aromatic N) is 2. The molecule has 0 aromatic carbocycles. The van der Waals surface area contributed by atoms with E-state index in [1.54, 1.807) is 6.92 Å². The van der Waals surface area contributed by atoms with Gasteiger partial charge in [-0.2, -0.15) is 0 Å². The Morgan fingerprint density at radius 3 is 2.71 bits per heavy atom. The van der Waals surface area contributed by atoms with Crippen molar-refractivity contribution in [3.63, 3.8) is 0 Å². The highest BCUT2D eigenvalue weighted by molar-refractivity contribution is 5.49. The lowest BCUT2D eigenvalue weighted by Crippen LogP contribution is -2.32. The van der Waals surface area contributed by atoms with Gasteiger partial charge >= 0.3 is 0 Å². The summed E-state index contributed by atoms with van der Waals surface area (Å²) in [6.07, 6.45) is 1.80. The van der Waals surface area contributed by atoms with E-state index in [-0.39, 0.29) is 17.8 Å². The van der Waals surface area contributed by atoms with E-state index in [1.807, 2.05) is 13.8 Å². The molecule has 1 aromatic rings. The summed E-state index contributed by atoms with van der Waals surface area (Å²) in [5.41, 5.74) is 0.390. The molecule has 0 saturated heterocycles. The fourth-order valence-electron chi connectivity index (χ4n) is 1.45. The van der Waals surface area contributed by atoms with Gasteiger partial charge in [-0.25, -0.2) is 4.98 Å². The van der Waals surface area contributed by atoms with E-state index in [4.69, 9.17) is 5.11 Å². The van der Waals surface area contributed by atoms with Crippen molar-refractivity contribution in [3.05, 3.63) is 27.9 Å². The average molecular weight is 239 g/mol. The Kier molecular flexibility index (Phi) is 4.01. The summed E-state index contributed by atoms with van der Waals surface area (Å²) in [5.74, 6) is 0.606. The van der Waals surface area contributed by atoms with E-state index in [0.29, 0.717) is 17.8 Å². The van der Waals surface area contributed by atoms with Crippen LogP contribution in [0, 0.1) is 17.0 Å². The Morgan fingerprint density at radius 2 is 2.24 bits per heavy atom. The molecule has 6 nitrogen and oxygen atoms in total. The Morgan fingerprint density at radius 1 is 1.59 bits per heavy atom. The van der Waals surface area contributed by atoms with Crippen molar-refractivity contribution < 1.29 is 10.0 Å². The highest BCUT2D eigenvalue weighted by atomic mass is 16.6. The molecule has 1 heterocycles. The lowest BCUT2D eigenvalue weighted by molar-refractivity contribution is -0.385. The van der Waals surface area contributed by atoms with Gasteiger partial charge in [-0.15, -0.1) is 0 Å². The van der Waals surface area contributed by atoms with E-state index >= 15 is 0 Å². The van der Waals surface area contributed by atoms with Crippen LogP contribution in [0.1, 0.15) is 25.8 Å². The Labute approximate surface area is 99.8 Å². The molecule has 0 fully saturated rings. The molecule has 0 aliphatic rings. The van der Waals surface area contributed by atoms with Crippen LogP contribution < -0.4 is 5.32 Å². The van der Waals surface area contributed by atoms with Gasteiger partial charge in [0.15, 0.2) is 0 Å². The van der Waals surface area contributed by atoms with E-state index in [9.17, 15) is 10.1 Å². The summed E-state index contributed by atoms with van der Waals surface area (Å²) in [4.78, 5) is 14.1. The predicted molar refractivity (Wildman–Crippen MR) is 65.0 cm³/mol. The van der Waals surface area contributed by atoms with Crippen molar-refractivity contribution in [1.82, 2.24) is 4.98 Å². The fraction of sp³-hybridized carbons (Fsp3) is 0.545. The highest BCUT2D eigenvalue weighted by Crippen LogP contribution is 2.22. The van der Waals surface area contributed by atoms with Crippen molar-refractivity contribution in [2.45, 2.75) is 32.7 Å². The Hall–Kier alpha value is -1.69. The quantitative estimate of drug-likeness (QED) is 0.605. The third kappa shape index (κ3) is 3.67. The second-order valence-corrected chi connectivity index (χ2v) is 4.60. The van der Waals surface area contributed by atoms with Gasteiger partial charge < -0.3 is 10.4 Å². The molecule has 0 spiro atoms. The third-order valence-electron chi connectivity index (χ3n) is 2.47. The molecule has 1 rings (SSSR count). The first-order valence-corrected chi connectivity index (χ1v) is 5.36. The van der Waals surface area contributed by atoms with Gasteiger partial charge in [0.05, 0.1) is 4.92 Å². The Bertz CT molecular complexity index is 418. The molecule has 0 aliphatic heterocycles. The smallest absolute Gasteiger partial charge is 0.287 e. The first-order chi connectivity index (χ1) is 7.85. The zero-order valence-corrected chi connectivity index (χ0v) is 10.2. The molecule has 17 heavy (non-hydrogen) atoms. The minimum atomic E-state index is -0.470. The molecular weight excluding hydrogens is 222 g/mol. The maximum absolute atomic E-state index is 10.6. The lowest BCUT2D eigenvalue weighted by atomic mass is 10.0. The van der Waals surface area contributed by atoms with Crippen molar-refractivity contribution in [1.29, 1.82) is 0 Å². The fourth-order valence-corrected chi connectivity index (χ4v) is 1.45. The number of pyridine rings is 1. The zero-order chi connectivity index (χ0) is 13.1. The number of anilines is 1. The van der Waals surface area contributed by atoms with Crippen molar-refractivity contribution in [3.8, 4) is 0 Å². The lowest BCUT2D eigenvalue weighted by Gasteiger charge is -2.26. The van der Waals surface area contributed by atoms with E-state index in [0.717, 1.165) is 0 Å². The monoisotopic (exact) mass is 239 g/mol. The summed E-state index contributed by atoms with van der Waals surface area (Å²) in [5, 5.41) is 22.6. The van der Waals surface area contributed by atoms with Gasteiger partial charge in [-0.1, -0.05) is 0 Å². The summed E-state index contributed by atoms with van der Waals surface area (Å²) in [6, 6.07) is 1.48. The van der Waals surface area contributed by atoms with E-state index in [1.165, 1.54) is 12.3 Å². The van der Waals surface area contributed by atoms with Gasteiger partial charge in [0, 0.05) is 18.2 Å². The molecule has 0 amide bonds. The van der Waals surface area contributed by atoms with Crippen molar-refractivity contribution >= 4 is 11.5 Å². The number of rotatable bonds is 5. The van der Waals surface area contributed by atoms with Gasteiger partial charge in [0.25, 0.3) is 5.69 Å². The average Bonchev–Trinajstić information content (AvgIpc) is 2.20. The summed E-state index contributed by atoms with van der Waals surface area (Å²) >= 11 is 0. The summed E-state index contributed by atoms with van der Waals surface area (Å²) < 4.78 is 0. The largest absolute Gasteiger partial charge is 0.396 e. The Balaban J connectivity index is 2.90. The number of hydrogen-bond acceptors (Lipinski definition) is 5. The molecule has 0 bridgehead atoms. The normalized spacial score (nSPS) is 11.3. The van der Waals surface area contributed by atoms with Crippen LogP contribution in [0.3, 0.4) is 0 Å². The summed E-state index contributed by atoms with van der Waals surface area (Å²) in [6.45, 7) is 5.71. The maximum atomic E-state index is 10.6. The molecule has 0 aliphatic carbocycles. The second kappa shape index (κ2) is 5.09. The molecule has 0 radical (unpaired) electrons. The van der Waals surface area contributed by atoms with Crippen LogP contribution >= 0.6 is 0 Å². The van der Waals surface area contributed by atoms with Crippen LogP contribution in [0.15, 0.2) is 12.3 Å². The highest BCUT2D eigenvalue weighted by Gasteiger charge is 2.19. The van der Waals surface area contributed by atoms with Gasteiger partial charge in [-0.05, 0) is 32.8 Å². The molecule has 0 unspecified atom stereocenters. The standard InChI is InChI=1S/C11H17N3O3/c1-8-6-9(14(16)17)7-12-10(8)13-11(2,3)4-5-15/h6-7,15H,4-5H2,1-3H3,(H,12,13). The molecule has 2 N–H and O–H groups in total. The number of nitro groups is 1. The van der Waals surface area contributed by atoms with Crippen LogP contribution in [0.2, 0.25) is 0 Å². The van der Waals surface area contributed by atoms with Crippen LogP contribution in [0.4, 0.5) is 11.5 Å². The van der Waals surface area contributed by atoms with Crippen molar-refractivity contribution in [2.24, 2.45) is 0 Å². The molecular formula is C11H17N3O3. The minimum absolute atomic E-state index is 0.0204. The maximum Gasteiger partial charge on any atom is 0.287 e. The molecule has 0 atom stereocenters. The topological polar surface area (TPSA) is 88.3 Å². The van der Waals surface area contributed by atoms with Crippen LogP contribution in [0.5, 0.6) is 0 Å². The number of nitrogens with one attached hydrogen (secondary N) is 1. The first-order valence-electron chi connectivity index (χ1n) is 5.36. The number of aliphatic hydroxyl groups excluding tert-OH is 1. The summed E-state index contributed by atoms with van der Waals surface area (Å²) in [7, 11) is 0. The molecule has 1 aromatic heterocycles. The van der Waals surface area contributed by atoms with E-state index < -0.39 is 4.92 Å². The van der Waals surface area contributed by atoms with Crippen molar-refractivity contribution in [2.75, 3.05) is 11.9 Å². The SMILES string of the molecule is Cc1cc([N+](=O)[O-])cnc1NC(C)(C)CCO. The van der Waals surface area contributed by atoms with Gasteiger partial charge in [0.2, 0.25) is 0 Å². The van der Waals surface area contributed by atoms with Crippen LogP contribution in [-0.2, 0) is 0 Å². The second-order valence-electron chi connectivity index (χ2n) is 4.60. The molecule has 0 saturated carbocycles. The number of aliphatic hydroxyl groups is 1.